The van der Waals surface area contributed by atoms with Crippen molar-refractivity contribution in [1.82, 2.24) is 0 Å². The van der Waals surface area contributed by atoms with E-state index in [-0.39, 0.29) is 21.2 Å². The highest BCUT2D eigenvalue weighted by Crippen LogP contribution is 2.27. The van der Waals surface area contributed by atoms with E-state index in [0.717, 1.165) is 6.07 Å². The summed E-state index contributed by atoms with van der Waals surface area (Å²) in [6, 6.07) is 15.5. The van der Waals surface area contributed by atoms with Crippen LogP contribution >= 0.6 is 23.2 Å². The highest BCUT2D eigenvalue weighted by atomic mass is 35.5. The minimum absolute atomic E-state index is 0.0367. The molecule has 0 saturated heterocycles. The Morgan fingerprint density at radius 3 is 2.21 bits per heavy atom. The minimum Gasteiger partial charge on any atom is -0.322 e. The van der Waals surface area contributed by atoms with E-state index in [1.165, 1.54) is 60.7 Å². The van der Waals surface area contributed by atoms with Crippen LogP contribution in [0.1, 0.15) is 10.4 Å². The van der Waals surface area contributed by atoms with Gasteiger partial charge in [-0.25, -0.2) is 12.8 Å². The van der Waals surface area contributed by atoms with E-state index in [1.54, 1.807) is 0 Å². The summed E-state index contributed by atoms with van der Waals surface area (Å²) < 4.78 is 41.5. The molecular formula is C19H13Cl2FN2O3S. The predicted molar refractivity (Wildman–Crippen MR) is 108 cm³/mol. The lowest BCUT2D eigenvalue weighted by molar-refractivity contribution is 0.102. The Labute approximate surface area is 171 Å². The minimum atomic E-state index is -4.04. The lowest BCUT2D eigenvalue weighted by atomic mass is 10.2. The van der Waals surface area contributed by atoms with Gasteiger partial charge in [0.25, 0.3) is 15.9 Å². The molecule has 9 heteroatoms. The van der Waals surface area contributed by atoms with Gasteiger partial charge in [0.1, 0.15) is 10.7 Å². The molecule has 144 valence electrons. The van der Waals surface area contributed by atoms with Gasteiger partial charge >= 0.3 is 0 Å². The topological polar surface area (TPSA) is 75.3 Å². The summed E-state index contributed by atoms with van der Waals surface area (Å²) in [5, 5.41) is 2.88. The maximum absolute atomic E-state index is 13.7. The third-order valence-electron chi connectivity index (χ3n) is 3.69. The molecule has 0 bridgehead atoms. The number of carbonyl (C=O) groups is 1. The van der Waals surface area contributed by atoms with Gasteiger partial charge in [0.2, 0.25) is 0 Å². The Kier molecular flexibility index (Phi) is 5.88. The van der Waals surface area contributed by atoms with Gasteiger partial charge in [-0.05, 0) is 54.6 Å². The van der Waals surface area contributed by atoms with Gasteiger partial charge in [-0.3, -0.25) is 9.52 Å². The number of amides is 1. The number of nitrogens with one attached hydrogen (secondary N) is 2. The first kappa shape index (κ1) is 20.1. The fourth-order valence-corrected chi connectivity index (χ4v) is 4.07. The number of halogens is 3. The van der Waals surface area contributed by atoms with Crippen molar-refractivity contribution in [3.05, 3.63) is 88.2 Å². The Bertz CT molecular complexity index is 1140. The molecule has 0 radical (unpaired) electrons. The summed E-state index contributed by atoms with van der Waals surface area (Å²) in [6.07, 6.45) is 0. The van der Waals surface area contributed by atoms with Crippen LogP contribution in [-0.4, -0.2) is 14.3 Å². The Morgan fingerprint density at radius 1 is 0.893 bits per heavy atom. The van der Waals surface area contributed by atoms with Gasteiger partial charge in [0.15, 0.2) is 0 Å². The molecule has 28 heavy (non-hydrogen) atoms. The van der Waals surface area contributed by atoms with Gasteiger partial charge < -0.3 is 5.32 Å². The maximum atomic E-state index is 13.7. The number of carbonyl (C=O) groups excluding carboxylic acids is 1. The molecule has 0 aliphatic rings. The zero-order valence-electron chi connectivity index (χ0n) is 14.1. The number of sulfonamides is 1. The van der Waals surface area contributed by atoms with E-state index in [0.29, 0.717) is 10.7 Å². The number of rotatable bonds is 5. The zero-order valence-corrected chi connectivity index (χ0v) is 16.4. The molecule has 0 unspecified atom stereocenters. The second-order valence-corrected chi connectivity index (χ2v) is 8.19. The molecule has 0 fully saturated rings. The van der Waals surface area contributed by atoms with Gasteiger partial charge in [-0.2, -0.15) is 0 Å². The van der Waals surface area contributed by atoms with Gasteiger partial charge in [0.05, 0.1) is 10.6 Å². The summed E-state index contributed by atoms with van der Waals surface area (Å²) in [6.45, 7) is 0. The van der Waals surface area contributed by atoms with E-state index >= 15 is 0 Å². The smallest absolute Gasteiger partial charge is 0.263 e. The highest BCUT2D eigenvalue weighted by molar-refractivity contribution is 7.92. The van der Waals surface area contributed by atoms with Crippen LogP contribution in [0.15, 0.2) is 71.6 Å². The van der Waals surface area contributed by atoms with Gasteiger partial charge in [-0.1, -0.05) is 35.3 Å². The number of hydrogen-bond donors (Lipinski definition) is 2. The van der Waals surface area contributed by atoms with Crippen molar-refractivity contribution in [2.45, 2.75) is 4.90 Å². The lowest BCUT2D eigenvalue weighted by Crippen LogP contribution is -2.16. The standard InChI is InChI=1S/C19H13Cl2FN2O3S/c20-12-5-7-13(8-6-12)24-28(26,27)18-11-14(9-10-16(18)21)23-19(25)15-3-1-2-4-17(15)22/h1-11,24H,(H,23,25). The fraction of sp³-hybridized carbons (Fsp3) is 0. The van der Waals surface area contributed by atoms with Gasteiger partial charge in [-0.15, -0.1) is 0 Å². The summed E-state index contributed by atoms with van der Waals surface area (Å²) in [7, 11) is -4.04. The normalized spacial score (nSPS) is 11.1. The molecule has 0 heterocycles. The summed E-state index contributed by atoms with van der Waals surface area (Å²) >= 11 is 11.8. The largest absolute Gasteiger partial charge is 0.322 e. The van der Waals surface area contributed by atoms with Gasteiger partial charge in [0, 0.05) is 16.4 Å². The first-order valence-corrected chi connectivity index (χ1v) is 10.1. The zero-order chi connectivity index (χ0) is 20.3. The third kappa shape index (κ3) is 4.62. The van der Waals surface area contributed by atoms with E-state index < -0.39 is 21.7 Å². The summed E-state index contributed by atoms with van der Waals surface area (Å²) in [4.78, 5) is 12.0. The third-order valence-corrected chi connectivity index (χ3v) is 5.81. The van der Waals surface area contributed by atoms with E-state index in [9.17, 15) is 17.6 Å². The van der Waals surface area contributed by atoms with Crippen molar-refractivity contribution in [1.29, 1.82) is 0 Å². The molecule has 0 aromatic heterocycles. The van der Waals surface area contributed by atoms with Crippen LogP contribution in [0.25, 0.3) is 0 Å². The molecule has 1 amide bonds. The van der Waals surface area contributed by atoms with Crippen molar-refractivity contribution in [3.63, 3.8) is 0 Å². The predicted octanol–water partition coefficient (Wildman–Crippen LogP) is 5.19. The molecule has 0 saturated carbocycles. The quantitative estimate of drug-likeness (QED) is 0.575. The average Bonchev–Trinajstić information content (AvgIpc) is 2.65. The molecule has 0 spiro atoms. The molecule has 0 aliphatic heterocycles. The molecule has 0 aliphatic carbocycles. The van der Waals surface area contributed by atoms with Crippen LogP contribution in [0.4, 0.5) is 15.8 Å². The van der Waals surface area contributed by atoms with Crippen LogP contribution in [0.5, 0.6) is 0 Å². The van der Waals surface area contributed by atoms with Crippen LogP contribution in [-0.2, 0) is 10.0 Å². The summed E-state index contributed by atoms with van der Waals surface area (Å²) in [5.74, 6) is -1.40. The molecule has 2 N–H and O–H groups in total. The molecule has 5 nitrogen and oxygen atoms in total. The summed E-state index contributed by atoms with van der Waals surface area (Å²) in [5.41, 5.74) is 0.275. The SMILES string of the molecule is O=C(Nc1ccc(Cl)c(S(=O)(=O)Nc2ccc(Cl)cc2)c1)c1ccccc1F. The lowest BCUT2D eigenvalue weighted by Gasteiger charge is -2.12. The van der Waals surface area contributed by atoms with Crippen molar-refractivity contribution in [2.24, 2.45) is 0 Å². The number of benzene rings is 3. The molecular weight excluding hydrogens is 426 g/mol. The molecule has 0 atom stereocenters. The first-order chi connectivity index (χ1) is 13.3. The van der Waals surface area contributed by atoms with Crippen LogP contribution in [0.2, 0.25) is 10.0 Å². The number of hydrogen-bond acceptors (Lipinski definition) is 3. The van der Waals surface area contributed by atoms with Crippen molar-refractivity contribution < 1.29 is 17.6 Å². The molecule has 3 rings (SSSR count). The van der Waals surface area contributed by atoms with Crippen molar-refractivity contribution in [2.75, 3.05) is 10.0 Å². The van der Waals surface area contributed by atoms with E-state index in [4.69, 9.17) is 23.2 Å². The maximum Gasteiger partial charge on any atom is 0.263 e. The van der Waals surface area contributed by atoms with Crippen LogP contribution in [0, 0.1) is 5.82 Å². The average molecular weight is 439 g/mol. The number of anilines is 2. The highest BCUT2D eigenvalue weighted by Gasteiger charge is 2.20. The second-order valence-electron chi connectivity index (χ2n) is 5.69. The van der Waals surface area contributed by atoms with Crippen molar-refractivity contribution in [3.8, 4) is 0 Å². The Balaban J connectivity index is 1.87. The molecule has 3 aromatic carbocycles. The Morgan fingerprint density at radius 2 is 1.54 bits per heavy atom. The second kappa shape index (κ2) is 8.18. The van der Waals surface area contributed by atoms with Crippen LogP contribution < -0.4 is 10.0 Å². The first-order valence-electron chi connectivity index (χ1n) is 7.90. The fourth-order valence-electron chi connectivity index (χ4n) is 2.36. The van der Waals surface area contributed by atoms with E-state index in [2.05, 4.69) is 10.0 Å². The Hall–Kier alpha value is -2.61. The van der Waals surface area contributed by atoms with Crippen LogP contribution in [0.3, 0.4) is 0 Å². The van der Waals surface area contributed by atoms with Crippen molar-refractivity contribution >= 4 is 50.5 Å². The van der Waals surface area contributed by atoms with E-state index in [1.807, 2.05) is 0 Å². The monoisotopic (exact) mass is 438 g/mol. The molecule has 3 aromatic rings.